The summed E-state index contributed by atoms with van der Waals surface area (Å²) in [6.07, 6.45) is 1.64. The molecule has 0 amide bonds. The maximum Gasteiger partial charge on any atom is 0.244 e. The average Bonchev–Trinajstić information content (AvgIpc) is 3.39. The Balaban J connectivity index is 1.44. The SMILES string of the molecule is COc1cc(COc2nn(C)cc2C(C)=O)ccc1OCc1nc(-c2ccccc2)oc1C. The zero-order chi connectivity index (χ0) is 23.4. The van der Waals surface area contributed by atoms with E-state index in [2.05, 4.69) is 10.1 Å². The summed E-state index contributed by atoms with van der Waals surface area (Å²) in [6.45, 7) is 3.82. The Morgan fingerprint density at radius 3 is 2.58 bits per heavy atom. The zero-order valence-electron chi connectivity index (χ0n) is 19.0. The molecule has 0 aliphatic carbocycles. The summed E-state index contributed by atoms with van der Waals surface area (Å²) in [6, 6.07) is 15.2. The van der Waals surface area contributed by atoms with E-state index in [0.717, 1.165) is 16.8 Å². The third-order valence-corrected chi connectivity index (χ3v) is 5.06. The number of hydrogen-bond acceptors (Lipinski definition) is 7. The van der Waals surface area contributed by atoms with Crippen LogP contribution in [0.3, 0.4) is 0 Å². The second-order valence-electron chi connectivity index (χ2n) is 7.53. The van der Waals surface area contributed by atoms with E-state index in [0.29, 0.717) is 34.6 Å². The lowest BCUT2D eigenvalue weighted by molar-refractivity contribution is 0.101. The number of hydrogen-bond donors (Lipinski definition) is 0. The van der Waals surface area contributed by atoms with Gasteiger partial charge in [-0.25, -0.2) is 4.98 Å². The fraction of sp³-hybridized carbons (Fsp3) is 0.240. The molecule has 4 aromatic rings. The highest BCUT2D eigenvalue weighted by Gasteiger charge is 2.15. The summed E-state index contributed by atoms with van der Waals surface area (Å²) in [5.74, 6) is 2.61. The van der Waals surface area contributed by atoms with E-state index < -0.39 is 0 Å². The van der Waals surface area contributed by atoms with E-state index in [1.165, 1.54) is 6.92 Å². The van der Waals surface area contributed by atoms with Gasteiger partial charge in [0.1, 0.15) is 24.7 Å². The number of benzene rings is 2. The minimum Gasteiger partial charge on any atom is -0.493 e. The lowest BCUT2D eigenvalue weighted by Crippen LogP contribution is -2.03. The van der Waals surface area contributed by atoms with Crippen molar-refractivity contribution in [2.45, 2.75) is 27.1 Å². The summed E-state index contributed by atoms with van der Waals surface area (Å²) in [7, 11) is 3.32. The molecule has 0 saturated carbocycles. The van der Waals surface area contributed by atoms with Crippen molar-refractivity contribution in [1.29, 1.82) is 0 Å². The first kappa shape index (κ1) is 22.1. The Morgan fingerprint density at radius 2 is 1.85 bits per heavy atom. The molecule has 0 bridgehead atoms. The number of oxazole rings is 1. The quantitative estimate of drug-likeness (QED) is 0.342. The van der Waals surface area contributed by atoms with Crippen molar-refractivity contribution in [2.24, 2.45) is 7.05 Å². The Labute approximate surface area is 191 Å². The van der Waals surface area contributed by atoms with Crippen LogP contribution in [0.4, 0.5) is 0 Å². The summed E-state index contributed by atoms with van der Waals surface area (Å²) in [5, 5.41) is 4.20. The molecule has 0 saturated heterocycles. The largest absolute Gasteiger partial charge is 0.493 e. The molecule has 4 rings (SSSR count). The first-order valence-corrected chi connectivity index (χ1v) is 10.4. The molecule has 0 unspecified atom stereocenters. The van der Waals surface area contributed by atoms with Crippen molar-refractivity contribution >= 4 is 5.78 Å². The van der Waals surface area contributed by atoms with Crippen LogP contribution < -0.4 is 14.2 Å². The fourth-order valence-electron chi connectivity index (χ4n) is 3.30. The molecular weight excluding hydrogens is 422 g/mol. The van der Waals surface area contributed by atoms with Crippen molar-refractivity contribution < 1.29 is 23.4 Å². The topological polar surface area (TPSA) is 88.6 Å². The Bertz CT molecular complexity index is 1260. The summed E-state index contributed by atoms with van der Waals surface area (Å²) < 4.78 is 24.6. The zero-order valence-corrected chi connectivity index (χ0v) is 19.0. The summed E-state index contributed by atoms with van der Waals surface area (Å²) >= 11 is 0. The molecule has 33 heavy (non-hydrogen) atoms. The molecule has 8 heteroatoms. The molecule has 2 heterocycles. The van der Waals surface area contributed by atoms with Crippen LogP contribution in [0.1, 0.15) is 34.3 Å². The van der Waals surface area contributed by atoms with Gasteiger partial charge in [-0.1, -0.05) is 24.3 Å². The monoisotopic (exact) mass is 447 g/mol. The van der Waals surface area contributed by atoms with E-state index in [1.54, 1.807) is 25.0 Å². The Morgan fingerprint density at radius 1 is 1.06 bits per heavy atom. The molecule has 0 fully saturated rings. The van der Waals surface area contributed by atoms with Crippen molar-refractivity contribution in [3.63, 3.8) is 0 Å². The van der Waals surface area contributed by atoms with Gasteiger partial charge in [0.15, 0.2) is 17.3 Å². The number of carbonyl (C=O) groups excluding carboxylic acids is 1. The van der Waals surface area contributed by atoms with Gasteiger partial charge in [0.2, 0.25) is 11.8 Å². The number of methoxy groups -OCH3 is 1. The lowest BCUT2D eigenvalue weighted by Gasteiger charge is -2.12. The van der Waals surface area contributed by atoms with Gasteiger partial charge in [0.05, 0.1) is 12.7 Å². The first-order valence-electron chi connectivity index (χ1n) is 10.4. The molecule has 0 N–H and O–H groups in total. The van der Waals surface area contributed by atoms with Crippen LogP contribution in [0.5, 0.6) is 17.4 Å². The van der Waals surface area contributed by atoms with E-state index in [-0.39, 0.29) is 19.0 Å². The van der Waals surface area contributed by atoms with Gasteiger partial charge >= 0.3 is 0 Å². The molecule has 2 aromatic heterocycles. The standard InChI is InChI=1S/C25H25N3O5/c1-16(29)20-13-28(3)27-25(20)32-14-18-10-11-22(23(12-18)30-4)31-15-21-17(2)33-24(26-21)19-8-6-5-7-9-19/h5-13H,14-15H2,1-4H3. The van der Waals surface area contributed by atoms with Crippen LogP contribution in [-0.4, -0.2) is 27.7 Å². The minimum absolute atomic E-state index is 0.0991. The van der Waals surface area contributed by atoms with Gasteiger partial charge in [0.25, 0.3) is 0 Å². The summed E-state index contributed by atoms with van der Waals surface area (Å²) in [4.78, 5) is 16.3. The smallest absolute Gasteiger partial charge is 0.244 e. The van der Waals surface area contributed by atoms with Crippen molar-refractivity contribution in [2.75, 3.05) is 7.11 Å². The Hall–Kier alpha value is -4.07. The second-order valence-corrected chi connectivity index (χ2v) is 7.53. The number of rotatable bonds is 9. The number of carbonyl (C=O) groups is 1. The molecule has 8 nitrogen and oxygen atoms in total. The molecule has 0 aliphatic rings. The molecule has 0 spiro atoms. The van der Waals surface area contributed by atoms with Gasteiger partial charge < -0.3 is 18.6 Å². The van der Waals surface area contributed by atoms with E-state index in [1.807, 2.05) is 55.5 Å². The molecule has 2 aromatic carbocycles. The van der Waals surface area contributed by atoms with Crippen molar-refractivity contribution in [1.82, 2.24) is 14.8 Å². The molecular formula is C25H25N3O5. The highest BCUT2D eigenvalue weighted by molar-refractivity contribution is 5.96. The highest BCUT2D eigenvalue weighted by atomic mass is 16.5. The van der Waals surface area contributed by atoms with Gasteiger partial charge in [-0.15, -0.1) is 5.10 Å². The van der Waals surface area contributed by atoms with Crippen molar-refractivity contribution in [3.05, 3.63) is 77.3 Å². The number of Topliss-reactive ketones (excluding diaryl/α,β-unsaturated/α-hetero) is 1. The van der Waals surface area contributed by atoms with Gasteiger partial charge in [-0.2, -0.15) is 0 Å². The van der Waals surface area contributed by atoms with Crippen LogP contribution in [0.2, 0.25) is 0 Å². The van der Waals surface area contributed by atoms with Crippen LogP contribution in [0.15, 0.2) is 59.1 Å². The highest BCUT2D eigenvalue weighted by Crippen LogP contribution is 2.30. The van der Waals surface area contributed by atoms with E-state index in [9.17, 15) is 4.79 Å². The van der Waals surface area contributed by atoms with Crippen LogP contribution in [-0.2, 0) is 20.3 Å². The van der Waals surface area contributed by atoms with Gasteiger partial charge in [0, 0.05) is 18.8 Å². The number of aryl methyl sites for hydroxylation is 2. The third kappa shape index (κ3) is 5.06. The lowest BCUT2D eigenvalue weighted by atomic mass is 10.2. The summed E-state index contributed by atoms with van der Waals surface area (Å²) in [5.41, 5.74) is 2.93. The fourth-order valence-corrected chi connectivity index (χ4v) is 3.30. The number of ether oxygens (including phenoxy) is 3. The third-order valence-electron chi connectivity index (χ3n) is 5.06. The van der Waals surface area contributed by atoms with Crippen molar-refractivity contribution in [3.8, 4) is 28.8 Å². The number of ketones is 1. The molecule has 0 aliphatic heterocycles. The molecule has 0 atom stereocenters. The number of aromatic nitrogens is 3. The Kier molecular flexibility index (Phi) is 6.44. The molecule has 170 valence electrons. The predicted molar refractivity (Wildman–Crippen MR) is 122 cm³/mol. The normalized spacial score (nSPS) is 10.8. The number of nitrogens with zero attached hydrogens (tertiary/aromatic N) is 3. The first-order chi connectivity index (χ1) is 15.9. The van der Waals surface area contributed by atoms with E-state index in [4.69, 9.17) is 18.6 Å². The van der Waals surface area contributed by atoms with E-state index >= 15 is 0 Å². The second kappa shape index (κ2) is 9.60. The van der Waals surface area contributed by atoms with Gasteiger partial charge in [-0.3, -0.25) is 9.48 Å². The average molecular weight is 447 g/mol. The maximum absolute atomic E-state index is 11.7. The molecule has 0 radical (unpaired) electrons. The van der Waals surface area contributed by atoms with Crippen LogP contribution in [0.25, 0.3) is 11.5 Å². The predicted octanol–water partition coefficient (Wildman–Crippen LogP) is 4.75. The minimum atomic E-state index is -0.0991. The van der Waals surface area contributed by atoms with Crippen LogP contribution >= 0.6 is 0 Å². The van der Waals surface area contributed by atoms with Crippen LogP contribution in [0, 0.1) is 6.92 Å². The van der Waals surface area contributed by atoms with Gasteiger partial charge in [-0.05, 0) is 43.7 Å². The maximum atomic E-state index is 11.7.